The Kier molecular flexibility index (Phi) is 8.11. The summed E-state index contributed by atoms with van der Waals surface area (Å²) in [6.45, 7) is 4.61. The van der Waals surface area contributed by atoms with Crippen LogP contribution in [0.15, 0.2) is 11.6 Å². The summed E-state index contributed by atoms with van der Waals surface area (Å²) >= 11 is 0. The van der Waals surface area contributed by atoms with Crippen molar-refractivity contribution in [2.75, 3.05) is 13.2 Å². The van der Waals surface area contributed by atoms with E-state index in [0.29, 0.717) is 37.1 Å². The fraction of sp³-hybridized carbons (Fsp3) is 0.812. The first-order valence-electron chi connectivity index (χ1n) is 15.5. The van der Waals surface area contributed by atoms with E-state index in [1.165, 1.54) is 24.8 Å². The number of hydrogen-bond donors (Lipinski definition) is 2. The summed E-state index contributed by atoms with van der Waals surface area (Å²) in [6, 6.07) is 0. The normalized spacial score (nSPS) is 38.2. The average Bonchev–Trinajstić information content (AvgIpc) is 3.21. The molecule has 2 N–H and O–H groups in total. The van der Waals surface area contributed by atoms with Crippen molar-refractivity contribution in [2.45, 2.75) is 116 Å². The molecule has 5 rings (SSSR count). The van der Waals surface area contributed by atoms with Crippen LogP contribution in [-0.4, -0.2) is 47.3 Å². The summed E-state index contributed by atoms with van der Waals surface area (Å²) in [6.07, 6.45) is 14.2. The molecule has 0 bridgehead atoms. The molecule has 1 amide bonds. The zero-order valence-corrected chi connectivity index (χ0v) is 23.9. The number of ketones is 2. The first-order chi connectivity index (χ1) is 18.6. The van der Waals surface area contributed by atoms with E-state index < -0.39 is 29.4 Å². The maximum Gasteiger partial charge on any atom is 0.306 e. The van der Waals surface area contributed by atoms with Gasteiger partial charge in [0, 0.05) is 24.8 Å². The molecule has 0 spiro atoms. The highest BCUT2D eigenvalue weighted by atomic mass is 16.5. The second-order valence-electron chi connectivity index (χ2n) is 13.7. The highest BCUT2D eigenvalue weighted by Crippen LogP contribution is 2.67. The highest BCUT2D eigenvalue weighted by Gasteiger charge is 2.66. The van der Waals surface area contributed by atoms with Crippen LogP contribution in [0, 0.1) is 34.5 Å². The molecule has 0 aliphatic heterocycles. The molecular formula is C32H47NO6. The lowest BCUT2D eigenvalue weighted by molar-refractivity contribution is -0.170. The summed E-state index contributed by atoms with van der Waals surface area (Å²) in [5.74, 6) is 0.774. The van der Waals surface area contributed by atoms with Crippen molar-refractivity contribution in [1.82, 2.24) is 5.32 Å². The number of carbonyl (C=O) groups is 4. The number of allylic oxidation sites excluding steroid dienone is 1. The topological polar surface area (TPSA) is 110 Å². The molecule has 39 heavy (non-hydrogen) atoms. The standard InChI is InChI=1S/C32H47NO6/c1-30-15-12-23(34)18-22(30)8-9-24-25(30)13-16-31(2)26(24)14-17-32(31,38)27(35)20-39-29(37)11-10-28(36)33-19-21-6-4-3-5-7-21/h18,21,24-26,38H,3-17,19-20H2,1-2H3,(H,33,36). The van der Waals surface area contributed by atoms with E-state index in [0.717, 1.165) is 51.4 Å². The Bertz CT molecular complexity index is 1030. The van der Waals surface area contributed by atoms with Crippen molar-refractivity contribution in [3.05, 3.63) is 11.6 Å². The lowest BCUT2D eigenvalue weighted by Crippen LogP contribution is -2.58. The molecule has 0 aromatic heterocycles. The number of ether oxygens (including phenoxy) is 1. The number of fused-ring (bicyclic) bond motifs is 5. The molecule has 5 aliphatic carbocycles. The van der Waals surface area contributed by atoms with Gasteiger partial charge < -0.3 is 15.2 Å². The summed E-state index contributed by atoms with van der Waals surface area (Å²) in [5.41, 5.74) is -0.692. The summed E-state index contributed by atoms with van der Waals surface area (Å²) < 4.78 is 5.29. The largest absolute Gasteiger partial charge is 0.458 e. The first kappa shape index (κ1) is 28.5. The molecule has 5 aliphatic rings. The van der Waals surface area contributed by atoms with Crippen LogP contribution < -0.4 is 5.32 Å². The summed E-state index contributed by atoms with van der Waals surface area (Å²) in [7, 11) is 0. The van der Waals surface area contributed by atoms with Gasteiger partial charge in [0.05, 0.1) is 6.42 Å². The molecule has 4 saturated carbocycles. The van der Waals surface area contributed by atoms with Crippen LogP contribution in [0.2, 0.25) is 0 Å². The Balaban J connectivity index is 1.13. The molecule has 0 aromatic rings. The molecule has 6 atom stereocenters. The van der Waals surface area contributed by atoms with Gasteiger partial charge in [0.2, 0.25) is 11.7 Å². The van der Waals surface area contributed by atoms with Crippen LogP contribution in [0.3, 0.4) is 0 Å². The van der Waals surface area contributed by atoms with E-state index in [2.05, 4.69) is 19.2 Å². The molecule has 4 fully saturated rings. The number of hydrogen-bond acceptors (Lipinski definition) is 6. The van der Waals surface area contributed by atoms with Gasteiger partial charge in [-0.25, -0.2) is 0 Å². The maximum atomic E-state index is 13.4. The average molecular weight is 542 g/mol. The molecule has 0 saturated heterocycles. The van der Waals surface area contributed by atoms with E-state index in [1.54, 1.807) is 0 Å². The maximum absolute atomic E-state index is 13.4. The van der Waals surface area contributed by atoms with Crippen molar-refractivity contribution in [3.63, 3.8) is 0 Å². The third kappa shape index (κ3) is 5.25. The van der Waals surface area contributed by atoms with Gasteiger partial charge in [0.25, 0.3) is 0 Å². The Labute approximate surface area is 232 Å². The lowest BCUT2D eigenvalue weighted by Gasteiger charge is -2.58. The van der Waals surface area contributed by atoms with Gasteiger partial charge in [-0.1, -0.05) is 38.7 Å². The van der Waals surface area contributed by atoms with E-state index >= 15 is 0 Å². The molecular weight excluding hydrogens is 494 g/mol. The zero-order chi connectivity index (χ0) is 27.8. The number of Topliss-reactive ketones (excluding diaryl/α,β-unsaturated/α-hetero) is 1. The number of carbonyl (C=O) groups excluding carboxylic acids is 4. The predicted octanol–water partition coefficient (Wildman–Crippen LogP) is 4.84. The van der Waals surface area contributed by atoms with Crippen LogP contribution in [0.1, 0.15) is 110 Å². The number of nitrogens with one attached hydrogen (secondary N) is 1. The third-order valence-electron chi connectivity index (χ3n) is 11.8. The van der Waals surface area contributed by atoms with E-state index in [9.17, 15) is 24.3 Å². The Morgan fingerprint density at radius 1 is 0.949 bits per heavy atom. The molecule has 7 nitrogen and oxygen atoms in total. The van der Waals surface area contributed by atoms with Crippen LogP contribution in [-0.2, 0) is 23.9 Å². The van der Waals surface area contributed by atoms with Crippen molar-refractivity contribution < 1.29 is 29.0 Å². The van der Waals surface area contributed by atoms with Crippen LogP contribution in [0.4, 0.5) is 0 Å². The van der Waals surface area contributed by atoms with Crippen LogP contribution in [0.5, 0.6) is 0 Å². The molecule has 216 valence electrons. The Morgan fingerprint density at radius 3 is 2.46 bits per heavy atom. The monoisotopic (exact) mass is 541 g/mol. The molecule has 0 heterocycles. The Morgan fingerprint density at radius 2 is 1.69 bits per heavy atom. The lowest BCUT2D eigenvalue weighted by atomic mass is 9.46. The second kappa shape index (κ2) is 11.1. The predicted molar refractivity (Wildman–Crippen MR) is 146 cm³/mol. The Hall–Kier alpha value is -2.02. The second-order valence-corrected chi connectivity index (χ2v) is 13.7. The molecule has 0 aromatic carbocycles. The summed E-state index contributed by atoms with van der Waals surface area (Å²) in [5, 5.41) is 14.7. The smallest absolute Gasteiger partial charge is 0.306 e. The van der Waals surface area contributed by atoms with Crippen LogP contribution in [0.25, 0.3) is 0 Å². The zero-order valence-electron chi connectivity index (χ0n) is 23.9. The van der Waals surface area contributed by atoms with Gasteiger partial charge in [0.15, 0.2) is 12.4 Å². The highest BCUT2D eigenvalue weighted by molar-refractivity contribution is 5.92. The van der Waals surface area contributed by atoms with E-state index in [4.69, 9.17) is 4.74 Å². The van der Waals surface area contributed by atoms with E-state index in [-0.39, 0.29) is 35.9 Å². The van der Waals surface area contributed by atoms with Gasteiger partial charge in [-0.2, -0.15) is 0 Å². The van der Waals surface area contributed by atoms with Crippen molar-refractivity contribution in [2.24, 2.45) is 34.5 Å². The number of amides is 1. The summed E-state index contributed by atoms with van der Waals surface area (Å²) in [4.78, 5) is 50.0. The fourth-order valence-corrected chi connectivity index (χ4v) is 9.32. The van der Waals surface area contributed by atoms with Crippen LogP contribution >= 0.6 is 0 Å². The fourth-order valence-electron chi connectivity index (χ4n) is 9.32. The van der Waals surface area contributed by atoms with Crippen molar-refractivity contribution in [3.8, 4) is 0 Å². The number of esters is 1. The van der Waals surface area contributed by atoms with Gasteiger partial charge in [0.1, 0.15) is 5.60 Å². The van der Waals surface area contributed by atoms with Crippen molar-refractivity contribution in [1.29, 1.82) is 0 Å². The quantitative estimate of drug-likeness (QED) is 0.426. The number of rotatable bonds is 8. The minimum Gasteiger partial charge on any atom is -0.458 e. The minimum atomic E-state index is -1.50. The van der Waals surface area contributed by atoms with Gasteiger partial charge in [-0.05, 0) is 93.0 Å². The third-order valence-corrected chi connectivity index (χ3v) is 11.8. The molecule has 6 unspecified atom stereocenters. The van der Waals surface area contributed by atoms with Gasteiger partial charge in [-0.15, -0.1) is 0 Å². The number of aliphatic hydroxyl groups is 1. The minimum absolute atomic E-state index is 0.0428. The van der Waals surface area contributed by atoms with Gasteiger partial charge >= 0.3 is 5.97 Å². The molecule has 7 heteroatoms. The van der Waals surface area contributed by atoms with E-state index in [1.807, 2.05) is 6.08 Å². The molecule has 0 radical (unpaired) electrons. The first-order valence-corrected chi connectivity index (χ1v) is 15.5. The SMILES string of the molecule is CC12CCC(=O)C=C1CCC1C2CCC2(C)C1CCC2(O)C(=O)COC(=O)CCC(=O)NCC1CCCCC1. The van der Waals surface area contributed by atoms with Crippen molar-refractivity contribution >= 4 is 23.4 Å². The van der Waals surface area contributed by atoms with Gasteiger partial charge in [-0.3, -0.25) is 19.2 Å².